The summed E-state index contributed by atoms with van der Waals surface area (Å²) in [5, 5.41) is 3.55. The highest BCUT2D eigenvalue weighted by atomic mass is 32.2. The van der Waals surface area contributed by atoms with E-state index in [1.165, 1.54) is 11.8 Å². The topological polar surface area (TPSA) is 59.4 Å². The van der Waals surface area contributed by atoms with Crippen molar-refractivity contribution in [2.24, 2.45) is 0 Å². The molecule has 1 saturated heterocycles. The van der Waals surface area contributed by atoms with Gasteiger partial charge in [0.1, 0.15) is 0 Å². The number of morpholine rings is 1. The average molecular weight is 423 g/mol. The van der Waals surface area contributed by atoms with Crippen LogP contribution in [0.5, 0.6) is 0 Å². The minimum atomic E-state index is -0.288. The third-order valence-electron chi connectivity index (χ3n) is 5.09. The zero-order valence-corrected chi connectivity index (χ0v) is 17.9. The fourth-order valence-electron chi connectivity index (χ4n) is 3.48. The largest absolute Gasteiger partial charge is 0.378 e. The molecular weight excluding hydrogens is 396 g/mol. The quantitative estimate of drug-likeness (QED) is 0.457. The number of rotatable bonds is 7. The molecule has 3 aromatic rings. The zero-order valence-electron chi connectivity index (χ0n) is 17.1. The SMILES string of the molecule is C=CCn1c(SC(C)C(=O)Nc2ccc(N3CCOCC3)cc2)nc2ccccc21. The second kappa shape index (κ2) is 9.36. The van der Waals surface area contributed by atoms with Crippen LogP contribution in [-0.2, 0) is 16.1 Å². The maximum absolute atomic E-state index is 12.8. The minimum Gasteiger partial charge on any atom is -0.378 e. The maximum atomic E-state index is 12.8. The van der Waals surface area contributed by atoms with E-state index in [-0.39, 0.29) is 11.2 Å². The molecular formula is C23H26N4O2S. The Bertz CT molecular complexity index is 1030. The van der Waals surface area contributed by atoms with Crippen LogP contribution in [0, 0.1) is 0 Å². The minimum absolute atomic E-state index is 0.0451. The van der Waals surface area contributed by atoms with Crippen molar-refractivity contribution in [1.82, 2.24) is 9.55 Å². The highest BCUT2D eigenvalue weighted by molar-refractivity contribution is 8.00. The highest BCUT2D eigenvalue weighted by Crippen LogP contribution is 2.28. The van der Waals surface area contributed by atoms with E-state index in [0.717, 1.165) is 53.9 Å². The van der Waals surface area contributed by atoms with Crippen molar-refractivity contribution >= 4 is 40.1 Å². The first kappa shape index (κ1) is 20.5. The van der Waals surface area contributed by atoms with Crippen molar-refractivity contribution in [3.63, 3.8) is 0 Å². The number of nitrogens with zero attached hydrogens (tertiary/aromatic N) is 3. The molecule has 156 valence electrons. The molecule has 1 aliphatic rings. The van der Waals surface area contributed by atoms with E-state index in [4.69, 9.17) is 9.72 Å². The van der Waals surface area contributed by atoms with E-state index in [2.05, 4.69) is 21.4 Å². The summed E-state index contributed by atoms with van der Waals surface area (Å²) in [5.41, 5.74) is 3.92. The van der Waals surface area contributed by atoms with Crippen molar-refractivity contribution in [1.29, 1.82) is 0 Å². The predicted molar refractivity (Wildman–Crippen MR) is 123 cm³/mol. The molecule has 7 heteroatoms. The zero-order chi connectivity index (χ0) is 20.9. The molecule has 0 aliphatic carbocycles. The lowest BCUT2D eigenvalue weighted by Crippen LogP contribution is -2.36. The Hall–Kier alpha value is -2.77. The van der Waals surface area contributed by atoms with Gasteiger partial charge in [0.05, 0.1) is 29.5 Å². The van der Waals surface area contributed by atoms with E-state index in [9.17, 15) is 4.79 Å². The van der Waals surface area contributed by atoms with Crippen molar-refractivity contribution < 1.29 is 9.53 Å². The van der Waals surface area contributed by atoms with Crippen LogP contribution in [0.3, 0.4) is 0 Å². The van der Waals surface area contributed by atoms with Crippen LogP contribution in [0.4, 0.5) is 11.4 Å². The molecule has 30 heavy (non-hydrogen) atoms. The number of para-hydroxylation sites is 2. The normalized spacial score (nSPS) is 15.2. The molecule has 6 nitrogen and oxygen atoms in total. The van der Waals surface area contributed by atoms with Gasteiger partial charge in [-0.15, -0.1) is 6.58 Å². The van der Waals surface area contributed by atoms with Crippen LogP contribution in [0.1, 0.15) is 6.92 Å². The number of carbonyl (C=O) groups excluding carboxylic acids is 1. The van der Waals surface area contributed by atoms with Gasteiger partial charge in [-0.25, -0.2) is 4.98 Å². The number of anilines is 2. The predicted octanol–water partition coefficient (Wildman–Crippen LogP) is 4.18. The molecule has 0 spiro atoms. The van der Waals surface area contributed by atoms with Gasteiger partial charge in [0.15, 0.2) is 5.16 Å². The first-order valence-corrected chi connectivity index (χ1v) is 11.0. The third-order valence-corrected chi connectivity index (χ3v) is 6.18. The number of hydrogen-bond donors (Lipinski definition) is 1. The number of hydrogen-bond acceptors (Lipinski definition) is 5. The van der Waals surface area contributed by atoms with Gasteiger partial charge in [-0.3, -0.25) is 4.79 Å². The summed E-state index contributed by atoms with van der Waals surface area (Å²) >= 11 is 1.46. The number of thioether (sulfide) groups is 1. The summed E-state index contributed by atoms with van der Waals surface area (Å²) in [6, 6.07) is 16.0. The van der Waals surface area contributed by atoms with Gasteiger partial charge in [-0.2, -0.15) is 0 Å². The van der Waals surface area contributed by atoms with Crippen LogP contribution in [0.15, 0.2) is 66.3 Å². The Balaban J connectivity index is 1.42. The summed E-state index contributed by atoms with van der Waals surface area (Å²) in [5.74, 6) is -0.0451. The molecule has 1 fully saturated rings. The fraction of sp³-hybridized carbons (Fsp3) is 0.304. The molecule has 2 aromatic carbocycles. The molecule has 0 radical (unpaired) electrons. The van der Waals surface area contributed by atoms with Crippen molar-refractivity contribution in [3.8, 4) is 0 Å². The average Bonchev–Trinajstić information content (AvgIpc) is 3.12. The van der Waals surface area contributed by atoms with Crippen LogP contribution in [0.25, 0.3) is 11.0 Å². The van der Waals surface area contributed by atoms with E-state index in [0.29, 0.717) is 6.54 Å². The molecule has 1 atom stereocenters. The van der Waals surface area contributed by atoms with Gasteiger partial charge in [-0.1, -0.05) is 30.0 Å². The summed E-state index contributed by atoms with van der Waals surface area (Å²) < 4.78 is 7.49. The van der Waals surface area contributed by atoms with Gasteiger partial charge < -0.3 is 19.5 Å². The Labute approximate surface area is 180 Å². The molecule has 0 saturated carbocycles. The molecule has 4 rings (SSSR count). The monoisotopic (exact) mass is 422 g/mol. The molecule has 2 heterocycles. The summed E-state index contributed by atoms with van der Waals surface area (Å²) in [6.07, 6.45) is 1.85. The molecule has 1 amide bonds. The van der Waals surface area contributed by atoms with E-state index >= 15 is 0 Å². The van der Waals surface area contributed by atoms with Crippen LogP contribution in [-0.4, -0.2) is 47.0 Å². The van der Waals surface area contributed by atoms with Crippen LogP contribution < -0.4 is 10.2 Å². The van der Waals surface area contributed by atoms with Crippen LogP contribution >= 0.6 is 11.8 Å². The lowest BCUT2D eigenvalue weighted by molar-refractivity contribution is -0.115. The summed E-state index contributed by atoms with van der Waals surface area (Å²) in [7, 11) is 0. The lowest BCUT2D eigenvalue weighted by atomic mass is 10.2. The Morgan fingerprint density at radius 2 is 1.97 bits per heavy atom. The van der Waals surface area contributed by atoms with Gasteiger partial charge in [-0.05, 0) is 43.3 Å². The highest BCUT2D eigenvalue weighted by Gasteiger charge is 2.19. The van der Waals surface area contributed by atoms with Gasteiger partial charge in [0, 0.05) is 31.0 Å². The van der Waals surface area contributed by atoms with Gasteiger partial charge in [0.2, 0.25) is 5.91 Å². The van der Waals surface area contributed by atoms with Crippen molar-refractivity contribution in [2.75, 3.05) is 36.5 Å². The Morgan fingerprint density at radius 3 is 2.70 bits per heavy atom. The standard InChI is InChI=1S/C23H26N4O2S/c1-3-12-27-21-7-5-4-6-20(21)25-23(27)30-17(2)22(28)24-18-8-10-19(11-9-18)26-13-15-29-16-14-26/h3-11,17H,1,12-16H2,2H3,(H,24,28). The van der Waals surface area contributed by atoms with Gasteiger partial charge in [0.25, 0.3) is 0 Å². The van der Waals surface area contributed by atoms with E-state index < -0.39 is 0 Å². The molecule has 1 aromatic heterocycles. The van der Waals surface area contributed by atoms with E-state index in [1.54, 1.807) is 0 Å². The van der Waals surface area contributed by atoms with Crippen LogP contribution in [0.2, 0.25) is 0 Å². The molecule has 1 unspecified atom stereocenters. The Morgan fingerprint density at radius 1 is 1.23 bits per heavy atom. The second-order valence-electron chi connectivity index (χ2n) is 7.18. The third kappa shape index (κ3) is 4.52. The van der Waals surface area contributed by atoms with Gasteiger partial charge >= 0.3 is 0 Å². The molecule has 1 N–H and O–H groups in total. The smallest absolute Gasteiger partial charge is 0.237 e. The number of benzene rings is 2. The summed E-state index contributed by atoms with van der Waals surface area (Å²) in [6.45, 7) is 9.70. The number of imidazole rings is 1. The maximum Gasteiger partial charge on any atom is 0.237 e. The van der Waals surface area contributed by atoms with Crippen molar-refractivity contribution in [3.05, 3.63) is 61.2 Å². The number of fused-ring (bicyclic) bond motifs is 1. The number of aromatic nitrogens is 2. The fourth-order valence-corrected chi connectivity index (χ4v) is 4.41. The lowest BCUT2D eigenvalue weighted by Gasteiger charge is -2.28. The van der Waals surface area contributed by atoms with E-state index in [1.807, 2.05) is 61.5 Å². The second-order valence-corrected chi connectivity index (χ2v) is 8.49. The first-order chi connectivity index (χ1) is 14.7. The number of carbonyl (C=O) groups is 1. The number of nitrogens with one attached hydrogen (secondary N) is 1. The first-order valence-electron chi connectivity index (χ1n) is 10.1. The molecule has 1 aliphatic heterocycles. The van der Waals surface area contributed by atoms with Crippen molar-refractivity contribution in [2.45, 2.75) is 23.9 Å². The molecule has 0 bridgehead atoms. The Kier molecular flexibility index (Phi) is 6.40. The number of ether oxygens (including phenoxy) is 1. The number of allylic oxidation sites excluding steroid dienone is 1. The number of amides is 1. The summed E-state index contributed by atoms with van der Waals surface area (Å²) in [4.78, 5) is 19.8.